The Bertz CT molecular complexity index is 1330. The fourth-order valence-electron chi connectivity index (χ4n) is 4.35. The monoisotopic (exact) mass is 587 g/mol. The van der Waals surface area contributed by atoms with Crippen molar-refractivity contribution in [2.45, 2.75) is 39.3 Å². The molecule has 226 valence electrons. The zero-order valence-electron chi connectivity index (χ0n) is 25.4. The minimum Gasteiger partial charge on any atom is -0.494 e. The molecule has 4 N–H and O–H groups in total. The number of hydrogen-bond acceptors (Lipinski definition) is 7. The second-order valence-electron chi connectivity index (χ2n) is 10.2. The maximum atomic E-state index is 12.9. The first kappa shape index (κ1) is 33.4. The van der Waals surface area contributed by atoms with E-state index in [-0.39, 0.29) is 11.9 Å². The number of hydrogen-bond donors (Lipinski definition) is 4. The van der Waals surface area contributed by atoms with E-state index in [1.165, 1.54) is 23.7 Å². The number of anilines is 4. The standard InChI is InChI=1S/C29H45N7O4S/c1-10-22-14-12-13-15-25(22)36(41(9,38)39)21(4)20(3)31-29(30)33-24-18-23(32-28(37)11-2)26(19-27(24)40-8)35(7)17-16-34(5)6/h11-15,18-21H,2,10,16-17H2,1,3-9H3,(H,32,37)(H3,30,31,33)/t20?,21-/m0/s1. The number of carbonyl (C=O) groups is 1. The van der Waals surface area contributed by atoms with Crippen LogP contribution in [0.5, 0.6) is 5.75 Å². The quantitative estimate of drug-likeness (QED) is 0.150. The van der Waals surface area contributed by atoms with Gasteiger partial charge in [0.1, 0.15) is 5.75 Å². The first-order chi connectivity index (χ1) is 19.2. The second kappa shape index (κ2) is 14.7. The summed E-state index contributed by atoms with van der Waals surface area (Å²) in [6.45, 7) is 10.7. The Labute approximate surface area is 245 Å². The van der Waals surface area contributed by atoms with Crippen LogP contribution in [-0.2, 0) is 21.2 Å². The first-order valence-corrected chi connectivity index (χ1v) is 15.3. The third-order valence-corrected chi connectivity index (χ3v) is 7.99. The predicted octanol–water partition coefficient (Wildman–Crippen LogP) is 3.56. The van der Waals surface area contributed by atoms with Crippen LogP contribution in [0, 0.1) is 5.41 Å². The lowest BCUT2D eigenvalue weighted by molar-refractivity contribution is -0.111. The SMILES string of the molecule is C=CC(=O)Nc1cc(NC(=N)NC(C)[C@H](C)N(c2ccccc2CC)S(C)(=O)=O)c(OC)cc1N(C)CCN(C)C. The molecule has 11 nitrogen and oxygen atoms in total. The van der Waals surface area contributed by atoms with Crippen molar-refractivity contribution in [2.75, 3.05) is 67.4 Å². The van der Waals surface area contributed by atoms with E-state index in [2.05, 4.69) is 27.4 Å². The topological polar surface area (TPSA) is 130 Å². The maximum Gasteiger partial charge on any atom is 0.247 e. The number of aryl methyl sites for hydroxylation is 1. The molecule has 2 aromatic carbocycles. The number of guanidine groups is 1. The summed E-state index contributed by atoms with van der Waals surface area (Å²) in [5, 5.41) is 17.6. The van der Waals surface area contributed by atoms with Crippen LogP contribution in [0.25, 0.3) is 0 Å². The molecule has 0 spiro atoms. The fraction of sp³-hybridized carbons (Fsp3) is 0.448. The number of likely N-dealkylation sites (N-methyl/N-ethyl adjacent to an activating group) is 2. The van der Waals surface area contributed by atoms with E-state index in [1.807, 2.05) is 58.1 Å². The third kappa shape index (κ3) is 9.12. The minimum atomic E-state index is -3.62. The van der Waals surface area contributed by atoms with Gasteiger partial charge in [-0.1, -0.05) is 31.7 Å². The van der Waals surface area contributed by atoms with Gasteiger partial charge in [0.05, 0.1) is 42.2 Å². The largest absolute Gasteiger partial charge is 0.494 e. The van der Waals surface area contributed by atoms with E-state index in [0.717, 1.165) is 17.8 Å². The lowest BCUT2D eigenvalue weighted by atomic mass is 10.1. The number of nitrogens with one attached hydrogen (secondary N) is 4. The van der Waals surface area contributed by atoms with Gasteiger partial charge in [-0.2, -0.15) is 0 Å². The lowest BCUT2D eigenvalue weighted by Gasteiger charge is -2.35. The molecule has 41 heavy (non-hydrogen) atoms. The summed E-state index contributed by atoms with van der Waals surface area (Å²) in [4.78, 5) is 16.3. The van der Waals surface area contributed by atoms with E-state index in [1.54, 1.807) is 25.1 Å². The van der Waals surface area contributed by atoms with E-state index in [0.29, 0.717) is 35.8 Å². The van der Waals surface area contributed by atoms with Gasteiger partial charge in [-0.05, 0) is 58.1 Å². The van der Waals surface area contributed by atoms with Crippen molar-refractivity contribution in [2.24, 2.45) is 0 Å². The zero-order valence-corrected chi connectivity index (χ0v) is 26.2. The van der Waals surface area contributed by atoms with Crippen LogP contribution >= 0.6 is 0 Å². The Kier molecular flexibility index (Phi) is 12.0. The smallest absolute Gasteiger partial charge is 0.247 e. The average Bonchev–Trinajstić information content (AvgIpc) is 2.91. The number of methoxy groups -OCH3 is 1. The number of para-hydroxylation sites is 1. The van der Waals surface area contributed by atoms with Crippen LogP contribution in [0.3, 0.4) is 0 Å². The number of carbonyl (C=O) groups excluding carboxylic acids is 1. The molecule has 2 aromatic rings. The Morgan fingerprint density at radius 2 is 1.73 bits per heavy atom. The van der Waals surface area contributed by atoms with Gasteiger partial charge in [0.2, 0.25) is 15.9 Å². The highest BCUT2D eigenvalue weighted by Crippen LogP contribution is 2.37. The van der Waals surface area contributed by atoms with Gasteiger partial charge >= 0.3 is 0 Å². The normalized spacial score (nSPS) is 12.7. The summed E-state index contributed by atoms with van der Waals surface area (Å²) in [7, 11) is 3.81. The number of benzene rings is 2. The molecule has 0 fully saturated rings. The molecule has 0 aliphatic heterocycles. The Morgan fingerprint density at radius 1 is 1.07 bits per heavy atom. The van der Waals surface area contributed by atoms with Gasteiger partial charge in [0, 0.05) is 32.2 Å². The number of amides is 1. The molecular weight excluding hydrogens is 542 g/mol. The summed E-state index contributed by atoms with van der Waals surface area (Å²) in [5.74, 6) is 0.0389. The molecule has 12 heteroatoms. The van der Waals surface area contributed by atoms with Gasteiger partial charge in [-0.25, -0.2) is 8.42 Å². The number of nitrogens with zero attached hydrogens (tertiary/aromatic N) is 3. The minimum absolute atomic E-state index is 0.0606. The summed E-state index contributed by atoms with van der Waals surface area (Å²) >= 11 is 0. The summed E-state index contributed by atoms with van der Waals surface area (Å²) in [6, 6.07) is 9.95. The third-order valence-electron chi connectivity index (χ3n) is 6.75. The molecular formula is C29H45N7O4S. The molecule has 0 aliphatic rings. The molecule has 0 aliphatic carbocycles. The Balaban J connectivity index is 2.35. The van der Waals surface area contributed by atoms with Crippen molar-refractivity contribution < 1.29 is 17.9 Å². The van der Waals surface area contributed by atoms with Gasteiger partial charge in [0.25, 0.3) is 0 Å². The van der Waals surface area contributed by atoms with Crippen LogP contribution in [0.15, 0.2) is 49.1 Å². The highest BCUT2D eigenvalue weighted by atomic mass is 32.2. The molecule has 2 rings (SSSR count). The summed E-state index contributed by atoms with van der Waals surface area (Å²) < 4.78 is 32.8. The highest BCUT2D eigenvalue weighted by molar-refractivity contribution is 7.92. The van der Waals surface area contributed by atoms with Crippen LogP contribution < -0.4 is 29.9 Å². The summed E-state index contributed by atoms with van der Waals surface area (Å²) in [6.07, 6.45) is 3.06. The Hall–Kier alpha value is -3.77. The van der Waals surface area contributed by atoms with Crippen molar-refractivity contribution in [3.63, 3.8) is 0 Å². The van der Waals surface area contributed by atoms with Crippen LogP contribution in [0.4, 0.5) is 22.7 Å². The molecule has 0 saturated heterocycles. The maximum absolute atomic E-state index is 12.9. The van der Waals surface area contributed by atoms with Gasteiger partial charge in [-0.15, -0.1) is 0 Å². The molecule has 0 aromatic heterocycles. The van der Waals surface area contributed by atoms with Crippen molar-refractivity contribution in [1.29, 1.82) is 5.41 Å². The second-order valence-corrected chi connectivity index (χ2v) is 12.1. The number of ether oxygens (including phenoxy) is 1. The lowest BCUT2D eigenvalue weighted by Crippen LogP contribution is -2.52. The summed E-state index contributed by atoms with van der Waals surface area (Å²) in [5.41, 5.74) is 3.25. The number of rotatable bonds is 14. The van der Waals surface area contributed by atoms with E-state index in [9.17, 15) is 13.2 Å². The molecule has 0 bridgehead atoms. The zero-order chi connectivity index (χ0) is 30.9. The van der Waals surface area contributed by atoms with Crippen molar-refractivity contribution in [1.82, 2.24) is 10.2 Å². The predicted molar refractivity (Wildman–Crippen MR) is 170 cm³/mol. The van der Waals surface area contributed by atoms with Crippen molar-refractivity contribution in [3.8, 4) is 5.75 Å². The van der Waals surface area contributed by atoms with Gasteiger partial charge in [0.15, 0.2) is 5.96 Å². The molecule has 1 unspecified atom stereocenters. The molecule has 1 amide bonds. The van der Waals surface area contributed by atoms with Gasteiger partial charge in [-0.3, -0.25) is 14.5 Å². The van der Waals surface area contributed by atoms with Crippen molar-refractivity contribution in [3.05, 3.63) is 54.6 Å². The Morgan fingerprint density at radius 3 is 2.29 bits per heavy atom. The molecule has 0 saturated carbocycles. The number of sulfonamides is 1. The average molecular weight is 588 g/mol. The molecule has 0 heterocycles. The van der Waals surface area contributed by atoms with E-state index < -0.39 is 22.1 Å². The van der Waals surface area contributed by atoms with Crippen molar-refractivity contribution >= 4 is 44.6 Å². The van der Waals surface area contributed by atoms with Crippen LogP contribution in [0.1, 0.15) is 26.3 Å². The highest BCUT2D eigenvalue weighted by Gasteiger charge is 2.30. The van der Waals surface area contributed by atoms with E-state index in [4.69, 9.17) is 10.1 Å². The molecule has 2 atom stereocenters. The fourth-order valence-corrected chi connectivity index (χ4v) is 5.67. The van der Waals surface area contributed by atoms with Crippen LogP contribution in [-0.4, -0.2) is 84.9 Å². The molecule has 0 radical (unpaired) electrons. The van der Waals surface area contributed by atoms with E-state index >= 15 is 0 Å². The van der Waals surface area contributed by atoms with Gasteiger partial charge < -0.3 is 30.5 Å². The van der Waals surface area contributed by atoms with Crippen LogP contribution in [0.2, 0.25) is 0 Å². The first-order valence-electron chi connectivity index (χ1n) is 13.4.